The third-order valence-corrected chi connectivity index (χ3v) is 5.46. The van der Waals surface area contributed by atoms with Crippen molar-refractivity contribution in [2.75, 3.05) is 5.75 Å². The van der Waals surface area contributed by atoms with Crippen molar-refractivity contribution >= 4 is 40.9 Å². The number of hydrogen-bond acceptors (Lipinski definition) is 5. The SMILES string of the molecule is Cn1c(=S)c2[nH]c(SCCCC(=O)c3ccc(F)cc3)nc2n(C)c1=O. The van der Waals surface area contributed by atoms with Gasteiger partial charge in [0, 0.05) is 31.8 Å². The van der Waals surface area contributed by atoms with Gasteiger partial charge in [-0.1, -0.05) is 24.0 Å². The Bertz CT molecular complexity index is 1080. The third kappa shape index (κ3) is 3.63. The number of fused-ring (bicyclic) bond motifs is 1. The molecule has 0 aliphatic carbocycles. The summed E-state index contributed by atoms with van der Waals surface area (Å²) in [4.78, 5) is 31.7. The van der Waals surface area contributed by atoms with Gasteiger partial charge >= 0.3 is 5.69 Å². The number of aromatic nitrogens is 4. The fourth-order valence-corrected chi connectivity index (χ4v) is 3.58. The van der Waals surface area contributed by atoms with E-state index < -0.39 is 0 Å². The maximum atomic E-state index is 12.9. The normalized spacial score (nSPS) is 11.2. The average molecular weight is 392 g/mol. The van der Waals surface area contributed by atoms with E-state index in [1.165, 1.54) is 45.2 Å². The molecule has 3 rings (SSSR count). The van der Waals surface area contributed by atoms with E-state index in [4.69, 9.17) is 12.2 Å². The number of aromatic amines is 1. The van der Waals surface area contributed by atoms with Crippen LogP contribution in [0.5, 0.6) is 0 Å². The minimum absolute atomic E-state index is 0.0162. The summed E-state index contributed by atoms with van der Waals surface area (Å²) in [7, 11) is 3.27. The largest absolute Gasteiger partial charge is 0.330 e. The molecule has 0 aliphatic rings. The van der Waals surface area contributed by atoms with Crippen LogP contribution in [-0.4, -0.2) is 30.6 Å². The number of aryl methyl sites for hydroxylation is 1. The lowest BCUT2D eigenvalue weighted by Crippen LogP contribution is -2.27. The quantitative estimate of drug-likeness (QED) is 0.302. The summed E-state index contributed by atoms with van der Waals surface area (Å²) in [5, 5.41) is 0.654. The molecule has 0 saturated heterocycles. The van der Waals surface area contributed by atoms with E-state index >= 15 is 0 Å². The molecule has 0 aliphatic heterocycles. The van der Waals surface area contributed by atoms with Gasteiger partial charge < -0.3 is 4.98 Å². The summed E-state index contributed by atoms with van der Waals surface area (Å²) in [6, 6.07) is 5.56. The summed E-state index contributed by atoms with van der Waals surface area (Å²) >= 11 is 6.75. The van der Waals surface area contributed by atoms with Gasteiger partial charge in [-0.05, 0) is 30.7 Å². The first-order valence-corrected chi connectivity index (χ1v) is 9.35. The highest BCUT2D eigenvalue weighted by molar-refractivity contribution is 7.99. The molecule has 0 amide bonds. The Morgan fingerprint density at radius 3 is 2.65 bits per heavy atom. The van der Waals surface area contributed by atoms with Gasteiger partial charge in [0.05, 0.1) is 0 Å². The molecule has 0 radical (unpaired) electrons. The molecule has 0 fully saturated rings. The van der Waals surface area contributed by atoms with Crippen LogP contribution in [0.25, 0.3) is 11.2 Å². The second kappa shape index (κ2) is 7.55. The zero-order valence-electron chi connectivity index (χ0n) is 14.3. The molecule has 3 aromatic rings. The highest BCUT2D eigenvalue weighted by Gasteiger charge is 2.12. The summed E-state index contributed by atoms with van der Waals surface area (Å²) in [5.41, 5.74) is 1.45. The number of hydrogen-bond donors (Lipinski definition) is 1. The van der Waals surface area contributed by atoms with Crippen molar-refractivity contribution in [3.05, 3.63) is 50.8 Å². The van der Waals surface area contributed by atoms with Gasteiger partial charge in [-0.2, -0.15) is 0 Å². The first-order valence-electron chi connectivity index (χ1n) is 7.96. The van der Waals surface area contributed by atoms with Crippen molar-refractivity contribution in [3.63, 3.8) is 0 Å². The number of carbonyl (C=O) groups is 1. The summed E-state index contributed by atoms with van der Waals surface area (Å²) in [6.45, 7) is 0. The highest BCUT2D eigenvalue weighted by Crippen LogP contribution is 2.20. The van der Waals surface area contributed by atoms with Crippen molar-refractivity contribution in [2.24, 2.45) is 14.1 Å². The van der Waals surface area contributed by atoms with Crippen LogP contribution in [0.3, 0.4) is 0 Å². The van der Waals surface area contributed by atoms with Crippen molar-refractivity contribution in [2.45, 2.75) is 18.0 Å². The zero-order chi connectivity index (χ0) is 18.8. The number of nitrogens with zero attached hydrogens (tertiary/aromatic N) is 3. The number of carbonyl (C=O) groups excluding carboxylic acids is 1. The standard InChI is InChI=1S/C17H17FN4O2S2/c1-21-14-13(15(25)22(2)17(21)24)19-16(20-14)26-9-3-4-12(23)10-5-7-11(18)8-6-10/h5-8H,3-4,9H2,1-2H3,(H,19,20). The van der Waals surface area contributed by atoms with Crippen molar-refractivity contribution < 1.29 is 9.18 Å². The second-order valence-electron chi connectivity index (χ2n) is 5.83. The molecular weight excluding hydrogens is 375 g/mol. The number of nitrogens with one attached hydrogen (secondary N) is 1. The average Bonchev–Trinajstić information content (AvgIpc) is 3.06. The van der Waals surface area contributed by atoms with Crippen LogP contribution in [0.2, 0.25) is 0 Å². The van der Waals surface area contributed by atoms with Crippen LogP contribution < -0.4 is 5.69 Å². The summed E-state index contributed by atoms with van der Waals surface area (Å²) < 4.78 is 16.1. The first kappa shape index (κ1) is 18.5. The highest BCUT2D eigenvalue weighted by atomic mass is 32.2. The lowest BCUT2D eigenvalue weighted by molar-refractivity contribution is 0.0982. The van der Waals surface area contributed by atoms with E-state index in [1.54, 1.807) is 14.1 Å². The summed E-state index contributed by atoms with van der Waals surface area (Å²) in [6.07, 6.45) is 1.03. The van der Waals surface area contributed by atoms with Crippen LogP contribution in [0.15, 0.2) is 34.2 Å². The zero-order valence-corrected chi connectivity index (χ0v) is 15.9. The second-order valence-corrected chi connectivity index (χ2v) is 7.30. The maximum absolute atomic E-state index is 12.9. The molecule has 1 aromatic carbocycles. The van der Waals surface area contributed by atoms with E-state index in [1.807, 2.05) is 0 Å². The van der Waals surface area contributed by atoms with E-state index in [9.17, 15) is 14.0 Å². The maximum Gasteiger partial charge on any atom is 0.330 e. The molecule has 9 heteroatoms. The third-order valence-electron chi connectivity index (χ3n) is 4.03. The Morgan fingerprint density at radius 2 is 1.96 bits per heavy atom. The molecule has 0 saturated carbocycles. The van der Waals surface area contributed by atoms with E-state index in [0.29, 0.717) is 45.1 Å². The molecule has 2 aromatic heterocycles. The smallest absolute Gasteiger partial charge is 0.329 e. The molecule has 1 N–H and O–H groups in total. The van der Waals surface area contributed by atoms with Crippen molar-refractivity contribution in [1.82, 2.24) is 19.1 Å². The molecule has 0 atom stereocenters. The molecule has 136 valence electrons. The predicted molar refractivity (Wildman–Crippen MR) is 102 cm³/mol. The fraction of sp³-hybridized carbons (Fsp3) is 0.294. The predicted octanol–water partition coefficient (Wildman–Crippen LogP) is 3.22. The number of ketones is 1. The van der Waals surface area contributed by atoms with Crippen LogP contribution in [0.4, 0.5) is 4.39 Å². The Morgan fingerprint density at radius 1 is 1.27 bits per heavy atom. The first-order chi connectivity index (χ1) is 12.4. The van der Waals surface area contributed by atoms with Crippen LogP contribution in [-0.2, 0) is 14.1 Å². The Balaban J connectivity index is 1.64. The molecule has 0 bridgehead atoms. The van der Waals surface area contributed by atoms with Gasteiger partial charge in [-0.3, -0.25) is 13.9 Å². The number of benzene rings is 1. The minimum atomic E-state index is -0.356. The van der Waals surface area contributed by atoms with E-state index in [2.05, 4.69) is 9.97 Å². The number of imidazole rings is 1. The molecule has 0 spiro atoms. The van der Waals surface area contributed by atoms with E-state index in [-0.39, 0.29) is 17.3 Å². The Kier molecular flexibility index (Phi) is 5.38. The number of thioether (sulfide) groups is 1. The number of rotatable bonds is 6. The van der Waals surface area contributed by atoms with Crippen LogP contribution in [0, 0.1) is 10.5 Å². The van der Waals surface area contributed by atoms with Gasteiger partial charge in [-0.15, -0.1) is 0 Å². The van der Waals surface area contributed by atoms with Gasteiger partial charge in [0.15, 0.2) is 16.6 Å². The van der Waals surface area contributed by atoms with Crippen molar-refractivity contribution in [1.29, 1.82) is 0 Å². The molecule has 0 unspecified atom stereocenters. The van der Waals surface area contributed by atoms with Gasteiger partial charge in [0.2, 0.25) is 0 Å². The fourth-order valence-electron chi connectivity index (χ4n) is 2.55. The van der Waals surface area contributed by atoms with Crippen molar-refractivity contribution in [3.8, 4) is 0 Å². The minimum Gasteiger partial charge on any atom is -0.329 e. The topological polar surface area (TPSA) is 72.7 Å². The van der Waals surface area contributed by atoms with Gasteiger partial charge in [0.1, 0.15) is 16.0 Å². The lowest BCUT2D eigenvalue weighted by atomic mass is 10.1. The molecule has 26 heavy (non-hydrogen) atoms. The van der Waals surface area contributed by atoms with Crippen LogP contribution >= 0.6 is 24.0 Å². The molecular formula is C17H17FN4O2S2. The lowest BCUT2D eigenvalue weighted by Gasteiger charge is -2.02. The number of H-pyrrole nitrogens is 1. The number of halogens is 1. The molecule has 2 heterocycles. The van der Waals surface area contributed by atoms with Gasteiger partial charge in [0.25, 0.3) is 0 Å². The number of Topliss-reactive ketones (excluding diaryl/α,β-unsaturated/α-hetero) is 1. The monoisotopic (exact) mass is 392 g/mol. The Hall–Kier alpha value is -2.26. The molecule has 6 nitrogen and oxygen atoms in total. The Labute approximate surface area is 158 Å². The van der Waals surface area contributed by atoms with E-state index in [0.717, 1.165) is 0 Å². The van der Waals surface area contributed by atoms with Gasteiger partial charge in [-0.25, -0.2) is 14.2 Å². The van der Waals surface area contributed by atoms with Crippen LogP contribution in [0.1, 0.15) is 23.2 Å². The summed E-state index contributed by atoms with van der Waals surface area (Å²) in [5.74, 6) is 0.308.